The van der Waals surface area contributed by atoms with Crippen LogP contribution in [-0.2, 0) is 52.1 Å². The monoisotopic (exact) mass is 1520 g/mol. The third kappa shape index (κ3) is 24.8. The zero-order valence-corrected chi connectivity index (χ0v) is 63.9. The molecule has 0 aliphatic rings. The Hall–Kier alpha value is -14.5. The van der Waals surface area contributed by atoms with Gasteiger partial charge < -0.3 is 97.6 Å². The fraction of sp³-hybridized carbons (Fsp3) is 0.186. The smallest absolute Gasteiger partial charge is 0.229 e. The molecule has 0 aliphatic heterocycles. The van der Waals surface area contributed by atoms with Crippen molar-refractivity contribution in [1.82, 2.24) is 39.9 Å². The van der Waals surface area contributed by atoms with Gasteiger partial charge in [0.2, 0.25) is 23.8 Å². The minimum atomic E-state index is 0.163. The Morgan fingerprint density at radius 2 is 0.575 bits per heavy atom. The second-order valence-electron chi connectivity index (χ2n) is 25.1. The number of nitrogens with zero attached hydrogens (tertiary/aromatic N) is 8. The van der Waals surface area contributed by atoms with Crippen LogP contribution in [0.25, 0.3) is 0 Å². The molecular weight excluding hydrogens is 1430 g/mol. The van der Waals surface area contributed by atoms with E-state index < -0.39 is 0 Å². The summed E-state index contributed by atoms with van der Waals surface area (Å²) in [4.78, 5) is 32.7. The van der Waals surface area contributed by atoms with E-state index in [0.29, 0.717) is 122 Å². The Bertz CT molecular complexity index is 5160. The standard InChI is InChI=1S/C26H26N4O3.C21H24N4O3.C20H22N4O3.C19H20N4O2/c1-31-22-11-8-18(9-12-22)17-33-23-13-10-19(15-24(23)32-2)14-20-16-28-26(30-25(20)27)29-21-6-4-3-5-7-21;1-3-27-19-11-15(10-16-12-24-21(23)25-20(16)22)6-9-18(19)28-13-14-4-7-17(26-2)8-5-14;1-25-16-6-3-13(4-7-16)12-27-17-8-5-14(10-18(17)26-2)9-15-11-23-20(22)24-19(15)21;1-24-16-6-4-14(5-7-16)12-25-17-8-2-13(3-9-17)10-15-11-22-19(21)23-18(15)20/h3-13,15-16H,14,17H2,1-2H3,(H3,27,28,29,30);4-9,11-12H,3,10,13H2,1-2H3,(H4,22,23,24,25);3-8,10-11H,9,12H2,1-2H3,(H4,21,22,23,24);2-9,11H,10,12H2,1H3,(H4,20,21,22,23). The van der Waals surface area contributed by atoms with Gasteiger partial charge in [0.05, 0.1) is 49.3 Å². The number of nitrogen functional groups attached to an aromatic ring is 7. The first-order valence-corrected chi connectivity index (χ1v) is 35.7. The van der Waals surface area contributed by atoms with Gasteiger partial charge in [-0.05, 0) is 161 Å². The quantitative estimate of drug-likeness (QED) is 0.0207. The highest BCUT2D eigenvalue weighted by atomic mass is 16.5. The van der Waals surface area contributed by atoms with Crippen molar-refractivity contribution in [1.29, 1.82) is 0 Å². The number of methoxy groups -OCH3 is 6. The van der Waals surface area contributed by atoms with Gasteiger partial charge in [-0.25, -0.2) is 19.9 Å². The van der Waals surface area contributed by atoms with E-state index in [1.165, 1.54) is 0 Å². The van der Waals surface area contributed by atoms with Crippen LogP contribution >= 0.6 is 0 Å². The number of anilines is 9. The van der Waals surface area contributed by atoms with E-state index in [1.54, 1.807) is 67.4 Å². The minimum absolute atomic E-state index is 0.163. The summed E-state index contributed by atoms with van der Waals surface area (Å²) in [6.45, 7) is 4.26. The molecule has 4 aromatic heterocycles. The summed E-state index contributed by atoms with van der Waals surface area (Å²) in [6, 6.07) is 66.0. The van der Waals surface area contributed by atoms with E-state index in [2.05, 4.69) is 45.2 Å². The zero-order valence-electron chi connectivity index (χ0n) is 63.9. The van der Waals surface area contributed by atoms with Crippen molar-refractivity contribution in [3.63, 3.8) is 0 Å². The Morgan fingerprint density at radius 1 is 0.274 bits per heavy atom. The molecule has 13 aromatic rings. The Morgan fingerprint density at radius 3 is 0.912 bits per heavy atom. The molecule has 0 radical (unpaired) electrons. The molecule has 113 heavy (non-hydrogen) atoms. The SMILES string of the molecule is CCOc1cc(Cc2cnc(N)nc2N)ccc1OCc1ccc(OC)cc1.COc1ccc(COc2ccc(Cc3cnc(N)nc3N)cc2)cc1.COc1ccc(COc2ccc(Cc3cnc(N)nc3N)cc2OC)cc1.COc1ccc(COc2ccc(Cc3cnc(Nc4ccccc4)nc3N)cc2OC)cc1. The predicted molar refractivity (Wildman–Crippen MR) is 439 cm³/mol. The van der Waals surface area contributed by atoms with Gasteiger partial charge in [-0.2, -0.15) is 19.9 Å². The molecule has 9 aromatic carbocycles. The normalized spacial score (nSPS) is 10.5. The molecule has 0 spiro atoms. The lowest BCUT2D eigenvalue weighted by molar-refractivity contribution is 0.269. The summed E-state index contributed by atoms with van der Waals surface area (Å²) in [7, 11) is 9.82. The number of rotatable bonds is 30. The lowest BCUT2D eigenvalue weighted by atomic mass is 10.1. The van der Waals surface area contributed by atoms with E-state index in [0.717, 1.165) is 101 Å². The summed E-state index contributed by atoms with van der Waals surface area (Å²) in [5, 5.41) is 3.15. The van der Waals surface area contributed by atoms with Crippen molar-refractivity contribution in [2.45, 2.75) is 59.0 Å². The molecule has 0 aliphatic carbocycles. The van der Waals surface area contributed by atoms with E-state index in [1.807, 2.05) is 213 Å². The number of nitrogens with one attached hydrogen (secondary N) is 1. The number of nitrogens with two attached hydrogens (primary N) is 7. The number of para-hydroxylation sites is 1. The molecule has 0 fully saturated rings. The van der Waals surface area contributed by atoms with Gasteiger partial charge in [0.25, 0.3) is 0 Å². The first-order valence-electron chi connectivity index (χ1n) is 35.7. The van der Waals surface area contributed by atoms with Gasteiger partial charge in [0, 0.05) is 78.4 Å². The Labute approximate surface area is 656 Å². The van der Waals surface area contributed by atoms with Gasteiger partial charge in [0.15, 0.2) is 34.5 Å². The van der Waals surface area contributed by atoms with Crippen LogP contribution in [0, 0.1) is 0 Å². The maximum atomic E-state index is 6.20. The molecule has 0 bridgehead atoms. The summed E-state index contributed by atoms with van der Waals surface area (Å²) in [5.41, 5.74) is 53.0. The zero-order chi connectivity index (χ0) is 79.9. The van der Waals surface area contributed by atoms with Crippen LogP contribution in [0.1, 0.15) is 73.7 Å². The highest BCUT2D eigenvalue weighted by Gasteiger charge is 2.16. The van der Waals surface area contributed by atoms with Gasteiger partial charge in [-0.3, -0.25) is 0 Å². The largest absolute Gasteiger partial charge is 0.497 e. The second kappa shape index (κ2) is 41.2. The van der Waals surface area contributed by atoms with Crippen LogP contribution < -0.4 is 97.6 Å². The maximum Gasteiger partial charge on any atom is 0.229 e. The molecule has 27 heteroatoms. The molecule has 0 atom stereocenters. The number of hydrogen-bond donors (Lipinski definition) is 8. The summed E-state index contributed by atoms with van der Waals surface area (Å²) < 4.78 is 61.1. The fourth-order valence-electron chi connectivity index (χ4n) is 11.0. The Kier molecular flexibility index (Phi) is 29.5. The summed E-state index contributed by atoms with van der Waals surface area (Å²) in [5.74, 6) is 10.7. The maximum absolute atomic E-state index is 6.20. The average molecular weight is 1530 g/mol. The fourth-order valence-corrected chi connectivity index (χ4v) is 11.0. The molecular formula is C86H92N16O11. The van der Waals surface area contributed by atoms with E-state index in [4.69, 9.17) is 92.2 Å². The highest BCUT2D eigenvalue weighted by Crippen LogP contribution is 2.35. The minimum Gasteiger partial charge on any atom is -0.497 e. The lowest BCUT2D eigenvalue weighted by Gasteiger charge is -2.14. The number of ether oxygens (including phenoxy) is 11. The van der Waals surface area contributed by atoms with Crippen LogP contribution in [-0.4, -0.2) is 89.1 Å². The van der Waals surface area contributed by atoms with Gasteiger partial charge >= 0.3 is 0 Å². The number of hydrogen-bond acceptors (Lipinski definition) is 27. The molecule has 0 unspecified atom stereocenters. The molecule has 15 N–H and O–H groups in total. The topological polar surface area (TPSA) is 399 Å². The Balaban J connectivity index is 0.000000160. The van der Waals surface area contributed by atoms with Crippen molar-refractivity contribution < 1.29 is 52.1 Å². The van der Waals surface area contributed by atoms with Crippen molar-refractivity contribution >= 4 is 52.8 Å². The van der Waals surface area contributed by atoms with Gasteiger partial charge in [0.1, 0.15) is 78.4 Å². The third-order valence-corrected chi connectivity index (χ3v) is 17.2. The first-order chi connectivity index (χ1) is 54.9. The second-order valence-corrected chi connectivity index (χ2v) is 25.1. The molecule has 13 rings (SSSR count). The first kappa shape index (κ1) is 81.0. The summed E-state index contributed by atoms with van der Waals surface area (Å²) in [6.07, 6.45) is 9.05. The van der Waals surface area contributed by atoms with E-state index >= 15 is 0 Å². The highest BCUT2D eigenvalue weighted by molar-refractivity contribution is 5.57. The number of benzene rings is 9. The van der Waals surface area contributed by atoms with Crippen LogP contribution in [0.4, 0.5) is 52.8 Å². The van der Waals surface area contributed by atoms with Crippen LogP contribution in [0.5, 0.6) is 63.2 Å². The van der Waals surface area contributed by atoms with Crippen LogP contribution in [0.15, 0.2) is 231 Å². The molecule has 0 saturated heterocycles. The molecule has 27 nitrogen and oxygen atoms in total. The third-order valence-electron chi connectivity index (χ3n) is 17.2. The average Bonchev–Trinajstić information content (AvgIpc) is 0.839. The van der Waals surface area contributed by atoms with E-state index in [-0.39, 0.29) is 17.8 Å². The molecule has 582 valence electrons. The summed E-state index contributed by atoms with van der Waals surface area (Å²) >= 11 is 0. The molecule has 4 heterocycles. The van der Waals surface area contributed by atoms with Gasteiger partial charge in [-0.15, -0.1) is 0 Å². The lowest BCUT2D eigenvalue weighted by Crippen LogP contribution is -2.05. The van der Waals surface area contributed by atoms with Crippen molar-refractivity contribution in [3.05, 3.63) is 298 Å². The number of aromatic nitrogens is 8. The van der Waals surface area contributed by atoms with Gasteiger partial charge in [-0.1, -0.05) is 97.1 Å². The predicted octanol–water partition coefficient (Wildman–Crippen LogP) is 13.9. The molecule has 0 saturated carbocycles. The van der Waals surface area contributed by atoms with Crippen molar-refractivity contribution in [3.8, 4) is 63.2 Å². The van der Waals surface area contributed by atoms with Crippen molar-refractivity contribution in [2.75, 3.05) is 94.7 Å². The van der Waals surface area contributed by atoms with E-state index in [9.17, 15) is 0 Å². The molecule has 0 amide bonds. The van der Waals surface area contributed by atoms with Crippen molar-refractivity contribution in [2.24, 2.45) is 0 Å². The van der Waals surface area contributed by atoms with Crippen LogP contribution in [0.2, 0.25) is 0 Å². The van der Waals surface area contributed by atoms with Crippen LogP contribution in [0.3, 0.4) is 0 Å².